The molecule has 1 nitrogen and oxygen atoms in total. The highest BCUT2D eigenvalue weighted by atomic mass is 32.2. The van der Waals surface area contributed by atoms with Crippen molar-refractivity contribution in [3.63, 3.8) is 0 Å². The third-order valence-corrected chi connectivity index (χ3v) is 3.88. The molecule has 0 bridgehead atoms. The van der Waals surface area contributed by atoms with Crippen LogP contribution in [0.5, 0.6) is 0 Å². The first-order valence-corrected chi connectivity index (χ1v) is 7.49. The van der Waals surface area contributed by atoms with E-state index in [0.29, 0.717) is 0 Å². The minimum Gasteiger partial charge on any atom is -0.316 e. The van der Waals surface area contributed by atoms with E-state index >= 15 is 0 Å². The topological polar surface area (TPSA) is 12.0 Å². The van der Waals surface area contributed by atoms with Crippen LogP contribution in [0, 0.1) is 19.8 Å². The van der Waals surface area contributed by atoms with Crippen LogP contribution in [0.25, 0.3) is 0 Å². The summed E-state index contributed by atoms with van der Waals surface area (Å²) in [6, 6.07) is 6.74. The van der Waals surface area contributed by atoms with Crippen molar-refractivity contribution >= 4 is 11.8 Å². The van der Waals surface area contributed by atoms with Crippen molar-refractivity contribution in [2.45, 2.75) is 39.0 Å². The van der Waals surface area contributed by atoms with Gasteiger partial charge in [-0.15, -0.1) is 11.8 Å². The van der Waals surface area contributed by atoms with Gasteiger partial charge in [-0.3, -0.25) is 0 Å². The van der Waals surface area contributed by atoms with Crippen LogP contribution < -0.4 is 5.32 Å². The number of rotatable bonds is 7. The van der Waals surface area contributed by atoms with Crippen LogP contribution in [-0.4, -0.2) is 18.8 Å². The van der Waals surface area contributed by atoms with Crippen LogP contribution in [-0.2, 0) is 0 Å². The molecule has 1 aromatic rings. The van der Waals surface area contributed by atoms with E-state index in [0.717, 1.165) is 19.0 Å². The first kappa shape index (κ1) is 14.6. The molecular formula is C15H25NS. The van der Waals surface area contributed by atoms with E-state index in [1.165, 1.54) is 28.2 Å². The maximum absolute atomic E-state index is 3.48. The van der Waals surface area contributed by atoms with E-state index in [-0.39, 0.29) is 0 Å². The van der Waals surface area contributed by atoms with Crippen molar-refractivity contribution in [3.8, 4) is 0 Å². The van der Waals surface area contributed by atoms with Crippen molar-refractivity contribution in [1.82, 2.24) is 5.32 Å². The Morgan fingerprint density at radius 2 is 1.94 bits per heavy atom. The normalized spacial score (nSPS) is 11.1. The summed E-state index contributed by atoms with van der Waals surface area (Å²) < 4.78 is 0. The highest BCUT2D eigenvalue weighted by Crippen LogP contribution is 2.21. The SMILES string of the molecule is Cc1ccc(SCCCNCC(C)C)cc1C. The van der Waals surface area contributed by atoms with Crippen LogP contribution in [0.3, 0.4) is 0 Å². The van der Waals surface area contributed by atoms with Crippen molar-refractivity contribution in [2.24, 2.45) is 5.92 Å². The minimum atomic E-state index is 0.752. The number of hydrogen-bond donors (Lipinski definition) is 1. The Bertz CT molecular complexity index is 334. The van der Waals surface area contributed by atoms with E-state index < -0.39 is 0 Å². The Hall–Kier alpha value is -0.470. The number of nitrogens with one attached hydrogen (secondary N) is 1. The highest BCUT2D eigenvalue weighted by molar-refractivity contribution is 7.99. The van der Waals surface area contributed by atoms with Gasteiger partial charge < -0.3 is 5.32 Å². The maximum atomic E-state index is 3.48. The van der Waals surface area contributed by atoms with Crippen molar-refractivity contribution in [3.05, 3.63) is 29.3 Å². The molecule has 0 aliphatic rings. The second kappa shape index (κ2) is 7.78. The van der Waals surface area contributed by atoms with Crippen LogP contribution >= 0.6 is 11.8 Å². The summed E-state index contributed by atoms with van der Waals surface area (Å²) in [6.45, 7) is 11.1. The molecule has 17 heavy (non-hydrogen) atoms. The average molecular weight is 251 g/mol. The van der Waals surface area contributed by atoms with Gasteiger partial charge in [0.05, 0.1) is 0 Å². The summed E-state index contributed by atoms with van der Waals surface area (Å²) in [7, 11) is 0. The van der Waals surface area contributed by atoms with Crippen LogP contribution in [0.4, 0.5) is 0 Å². The number of aryl methyl sites for hydroxylation is 2. The third-order valence-electron chi connectivity index (χ3n) is 2.80. The zero-order valence-electron chi connectivity index (χ0n) is 11.5. The molecule has 1 aromatic carbocycles. The molecule has 0 unspecified atom stereocenters. The molecule has 0 atom stereocenters. The third kappa shape index (κ3) is 6.13. The second-order valence-electron chi connectivity index (χ2n) is 5.05. The molecule has 96 valence electrons. The van der Waals surface area contributed by atoms with Crippen molar-refractivity contribution < 1.29 is 0 Å². The fourth-order valence-corrected chi connectivity index (χ4v) is 2.53. The molecule has 0 saturated heterocycles. The zero-order valence-corrected chi connectivity index (χ0v) is 12.4. The number of thioether (sulfide) groups is 1. The lowest BCUT2D eigenvalue weighted by Gasteiger charge is -2.07. The molecule has 2 heteroatoms. The van der Waals surface area contributed by atoms with Gasteiger partial charge in [0, 0.05) is 4.90 Å². The summed E-state index contributed by atoms with van der Waals surface area (Å²) >= 11 is 1.96. The quantitative estimate of drug-likeness (QED) is 0.580. The highest BCUT2D eigenvalue weighted by Gasteiger charge is 1.97. The molecule has 0 fully saturated rings. The van der Waals surface area contributed by atoms with E-state index in [1.54, 1.807) is 0 Å². The lowest BCUT2D eigenvalue weighted by Crippen LogP contribution is -2.21. The van der Waals surface area contributed by atoms with E-state index in [2.05, 4.69) is 51.2 Å². The standard InChI is InChI=1S/C15H25NS/c1-12(2)11-16-8-5-9-17-15-7-6-13(3)14(4)10-15/h6-7,10,12,16H,5,8-9,11H2,1-4H3. The summed E-state index contributed by atoms with van der Waals surface area (Å²) in [6.07, 6.45) is 1.24. The van der Waals surface area contributed by atoms with Crippen LogP contribution in [0.1, 0.15) is 31.4 Å². The summed E-state index contributed by atoms with van der Waals surface area (Å²) in [4.78, 5) is 1.40. The molecule has 1 rings (SSSR count). The lowest BCUT2D eigenvalue weighted by molar-refractivity contribution is 0.552. The van der Waals surface area contributed by atoms with Crippen molar-refractivity contribution in [1.29, 1.82) is 0 Å². The van der Waals surface area contributed by atoms with E-state index in [9.17, 15) is 0 Å². The van der Waals surface area contributed by atoms with E-state index in [4.69, 9.17) is 0 Å². The molecular weight excluding hydrogens is 226 g/mol. The smallest absolute Gasteiger partial charge is 0.00747 e. The summed E-state index contributed by atoms with van der Waals surface area (Å²) in [5.41, 5.74) is 2.78. The van der Waals surface area contributed by atoms with Gasteiger partial charge in [-0.05, 0) is 68.3 Å². The number of benzene rings is 1. The van der Waals surface area contributed by atoms with Crippen LogP contribution in [0.15, 0.2) is 23.1 Å². The minimum absolute atomic E-state index is 0.752. The molecule has 0 heterocycles. The fourth-order valence-electron chi connectivity index (χ4n) is 1.58. The Morgan fingerprint density at radius 3 is 2.59 bits per heavy atom. The molecule has 0 radical (unpaired) electrons. The van der Waals surface area contributed by atoms with Gasteiger partial charge in [-0.25, -0.2) is 0 Å². The van der Waals surface area contributed by atoms with Gasteiger partial charge in [0.15, 0.2) is 0 Å². The zero-order chi connectivity index (χ0) is 12.7. The van der Waals surface area contributed by atoms with Gasteiger partial charge in [0.1, 0.15) is 0 Å². The van der Waals surface area contributed by atoms with Gasteiger partial charge >= 0.3 is 0 Å². The first-order valence-electron chi connectivity index (χ1n) is 6.50. The van der Waals surface area contributed by atoms with Gasteiger partial charge in [-0.1, -0.05) is 19.9 Å². The Kier molecular flexibility index (Phi) is 6.68. The van der Waals surface area contributed by atoms with Gasteiger partial charge in [0.25, 0.3) is 0 Å². The van der Waals surface area contributed by atoms with Gasteiger partial charge in [0.2, 0.25) is 0 Å². The molecule has 0 spiro atoms. The average Bonchev–Trinajstić information content (AvgIpc) is 2.27. The second-order valence-corrected chi connectivity index (χ2v) is 6.21. The Balaban J connectivity index is 2.16. The molecule has 0 aromatic heterocycles. The predicted octanol–water partition coefficient (Wildman–Crippen LogP) is 4.03. The maximum Gasteiger partial charge on any atom is 0.00747 e. The Labute approximate surface area is 110 Å². The molecule has 0 aliphatic carbocycles. The van der Waals surface area contributed by atoms with E-state index in [1.807, 2.05) is 11.8 Å². The lowest BCUT2D eigenvalue weighted by atomic mass is 10.1. The fraction of sp³-hybridized carbons (Fsp3) is 0.600. The summed E-state index contributed by atoms with van der Waals surface area (Å²) in [5.74, 6) is 1.95. The molecule has 0 saturated carbocycles. The summed E-state index contributed by atoms with van der Waals surface area (Å²) in [5, 5.41) is 3.48. The van der Waals surface area contributed by atoms with Gasteiger partial charge in [-0.2, -0.15) is 0 Å². The molecule has 1 N–H and O–H groups in total. The predicted molar refractivity (Wildman–Crippen MR) is 79.0 cm³/mol. The van der Waals surface area contributed by atoms with Crippen molar-refractivity contribution in [2.75, 3.05) is 18.8 Å². The monoisotopic (exact) mass is 251 g/mol. The molecule has 0 amide bonds. The Morgan fingerprint density at radius 1 is 1.18 bits per heavy atom. The largest absolute Gasteiger partial charge is 0.316 e. The van der Waals surface area contributed by atoms with Crippen LogP contribution in [0.2, 0.25) is 0 Å². The molecule has 0 aliphatic heterocycles. The first-order chi connectivity index (χ1) is 8.09. The number of hydrogen-bond acceptors (Lipinski definition) is 2.